The highest BCUT2D eigenvalue weighted by Crippen LogP contribution is 2.38. The topological polar surface area (TPSA) is 92.8 Å². The molecule has 1 aromatic heterocycles. The molecule has 3 unspecified atom stereocenters. The van der Waals surface area contributed by atoms with Crippen LogP contribution in [-0.4, -0.2) is 54.2 Å². The smallest absolute Gasteiger partial charge is 0.245 e. The number of ether oxygens (including phenoxy) is 2. The van der Waals surface area contributed by atoms with E-state index in [2.05, 4.69) is 21.7 Å². The van der Waals surface area contributed by atoms with Crippen molar-refractivity contribution < 1.29 is 19.1 Å². The van der Waals surface area contributed by atoms with E-state index in [4.69, 9.17) is 9.47 Å². The number of pyridine rings is 1. The van der Waals surface area contributed by atoms with Gasteiger partial charge in [-0.25, -0.2) is 0 Å². The molecule has 3 aliphatic rings. The fraction of sp³-hybridized carbons (Fsp3) is 0.536. The third-order valence-corrected chi connectivity index (χ3v) is 7.88. The van der Waals surface area contributed by atoms with Gasteiger partial charge in [0.2, 0.25) is 18.6 Å². The van der Waals surface area contributed by atoms with Crippen molar-refractivity contribution in [2.45, 2.75) is 70.0 Å². The van der Waals surface area contributed by atoms with Crippen LogP contribution in [0.2, 0.25) is 0 Å². The van der Waals surface area contributed by atoms with Crippen molar-refractivity contribution in [1.29, 1.82) is 0 Å². The Balaban J connectivity index is 1.38. The molecule has 1 saturated carbocycles. The van der Waals surface area contributed by atoms with E-state index in [-0.39, 0.29) is 36.6 Å². The van der Waals surface area contributed by atoms with E-state index < -0.39 is 6.04 Å². The van der Waals surface area contributed by atoms with E-state index >= 15 is 0 Å². The van der Waals surface area contributed by atoms with Gasteiger partial charge in [-0.1, -0.05) is 19.3 Å². The number of aromatic nitrogens is 1. The summed E-state index contributed by atoms with van der Waals surface area (Å²) in [6.45, 7) is 2.76. The van der Waals surface area contributed by atoms with Gasteiger partial charge in [0.15, 0.2) is 11.5 Å². The zero-order valence-corrected chi connectivity index (χ0v) is 21.2. The molecule has 8 heteroatoms. The number of nitrogens with zero attached hydrogens (tertiary/aromatic N) is 2. The van der Waals surface area contributed by atoms with Crippen LogP contribution in [0.5, 0.6) is 11.5 Å². The monoisotopic (exact) mass is 492 g/mol. The van der Waals surface area contributed by atoms with Gasteiger partial charge in [0.25, 0.3) is 0 Å². The van der Waals surface area contributed by atoms with Crippen molar-refractivity contribution in [2.75, 3.05) is 20.4 Å². The molecule has 0 spiro atoms. The molecule has 2 N–H and O–H groups in total. The minimum atomic E-state index is -0.482. The maximum absolute atomic E-state index is 14.0. The maximum Gasteiger partial charge on any atom is 0.245 e. The predicted molar refractivity (Wildman–Crippen MR) is 137 cm³/mol. The van der Waals surface area contributed by atoms with Crippen LogP contribution in [0.3, 0.4) is 0 Å². The zero-order valence-electron chi connectivity index (χ0n) is 21.2. The molecule has 5 rings (SSSR count). The molecule has 0 bridgehead atoms. The minimum Gasteiger partial charge on any atom is -0.454 e. The largest absolute Gasteiger partial charge is 0.454 e. The van der Waals surface area contributed by atoms with Gasteiger partial charge in [-0.3, -0.25) is 14.6 Å². The van der Waals surface area contributed by atoms with Gasteiger partial charge >= 0.3 is 0 Å². The Hall–Kier alpha value is -3.13. The summed E-state index contributed by atoms with van der Waals surface area (Å²) >= 11 is 0. The van der Waals surface area contributed by atoms with E-state index in [1.807, 2.05) is 42.3 Å². The van der Waals surface area contributed by atoms with Crippen LogP contribution in [0, 0.1) is 5.92 Å². The van der Waals surface area contributed by atoms with Gasteiger partial charge in [-0.15, -0.1) is 0 Å². The zero-order chi connectivity index (χ0) is 25.1. The van der Waals surface area contributed by atoms with E-state index in [0.717, 1.165) is 66.8 Å². The van der Waals surface area contributed by atoms with Crippen molar-refractivity contribution in [3.8, 4) is 22.8 Å². The molecule has 1 saturated heterocycles. The standard InChI is InChI=1S/C28H36N4O4/c1-18(29-2)27(33)31-26(19-7-4-3-5-8-19)28(34)32-14-6-9-23(32)21-12-13-30-22(15-21)20-10-11-24-25(16-20)36-17-35-24/h10-13,15-16,18-19,23,26,29H,3-9,14,17H2,1-2H3,(H,31,33). The van der Waals surface area contributed by atoms with Gasteiger partial charge in [0, 0.05) is 18.3 Å². The lowest BCUT2D eigenvalue weighted by atomic mass is 9.83. The number of amides is 2. The fourth-order valence-electron chi connectivity index (χ4n) is 5.68. The number of carbonyl (C=O) groups is 2. The third kappa shape index (κ3) is 5.05. The van der Waals surface area contributed by atoms with Crippen LogP contribution in [0.25, 0.3) is 11.3 Å². The molecule has 1 aromatic carbocycles. The van der Waals surface area contributed by atoms with Gasteiger partial charge < -0.3 is 25.0 Å². The lowest BCUT2D eigenvalue weighted by Gasteiger charge is -2.35. The summed E-state index contributed by atoms with van der Waals surface area (Å²) in [6, 6.07) is 9.05. The van der Waals surface area contributed by atoms with Crippen LogP contribution in [0.1, 0.15) is 63.5 Å². The summed E-state index contributed by atoms with van der Waals surface area (Å²) in [4.78, 5) is 33.4. The lowest BCUT2D eigenvalue weighted by Crippen LogP contribution is -2.55. The van der Waals surface area contributed by atoms with Gasteiger partial charge in [-0.05, 0) is 81.5 Å². The fourth-order valence-corrected chi connectivity index (χ4v) is 5.68. The molecule has 3 heterocycles. The average molecular weight is 493 g/mol. The lowest BCUT2D eigenvalue weighted by molar-refractivity contribution is -0.139. The number of nitrogens with one attached hydrogen (secondary N) is 2. The predicted octanol–water partition coefficient (Wildman–Crippen LogP) is 3.81. The number of hydrogen-bond donors (Lipinski definition) is 2. The summed E-state index contributed by atoms with van der Waals surface area (Å²) in [5.74, 6) is 1.57. The molecular formula is C28H36N4O4. The number of benzene rings is 1. The molecule has 2 aromatic rings. The van der Waals surface area contributed by atoms with E-state index in [1.165, 1.54) is 6.42 Å². The number of likely N-dealkylation sites (tertiary alicyclic amines) is 1. The summed E-state index contributed by atoms with van der Waals surface area (Å²) < 4.78 is 11.0. The molecule has 0 radical (unpaired) electrons. The van der Waals surface area contributed by atoms with Crippen molar-refractivity contribution in [2.24, 2.45) is 5.92 Å². The van der Waals surface area contributed by atoms with Crippen LogP contribution < -0.4 is 20.1 Å². The van der Waals surface area contributed by atoms with Crippen molar-refractivity contribution in [3.05, 3.63) is 42.1 Å². The highest BCUT2D eigenvalue weighted by molar-refractivity contribution is 5.90. The second kappa shape index (κ2) is 10.9. The third-order valence-electron chi connectivity index (χ3n) is 7.88. The quantitative estimate of drug-likeness (QED) is 0.611. The molecule has 1 aliphatic carbocycles. The minimum absolute atomic E-state index is 0.0297. The summed E-state index contributed by atoms with van der Waals surface area (Å²) in [5, 5.41) is 6.11. The van der Waals surface area contributed by atoms with E-state index in [9.17, 15) is 9.59 Å². The second-order valence-electron chi connectivity index (χ2n) is 10.1. The first-order valence-corrected chi connectivity index (χ1v) is 13.2. The van der Waals surface area contributed by atoms with Crippen molar-refractivity contribution >= 4 is 11.8 Å². The first-order chi connectivity index (χ1) is 17.5. The van der Waals surface area contributed by atoms with E-state index in [0.29, 0.717) is 6.54 Å². The van der Waals surface area contributed by atoms with Crippen molar-refractivity contribution in [1.82, 2.24) is 20.5 Å². The number of carbonyl (C=O) groups excluding carboxylic acids is 2. The molecule has 2 amide bonds. The number of likely N-dealkylation sites (N-methyl/N-ethyl adjacent to an activating group) is 1. The number of rotatable bonds is 7. The van der Waals surface area contributed by atoms with Crippen LogP contribution >= 0.6 is 0 Å². The molecule has 192 valence electrons. The first-order valence-electron chi connectivity index (χ1n) is 13.2. The van der Waals surface area contributed by atoms with Crippen LogP contribution in [0.15, 0.2) is 36.5 Å². The molecule has 2 fully saturated rings. The Bertz CT molecular complexity index is 1100. The molecule has 2 aliphatic heterocycles. The SMILES string of the molecule is CNC(C)C(=O)NC(C(=O)N1CCCC1c1ccnc(-c2ccc3c(c2)OCO3)c1)C1CCCCC1. The Labute approximate surface area is 212 Å². The summed E-state index contributed by atoms with van der Waals surface area (Å²) in [5.41, 5.74) is 2.86. The van der Waals surface area contributed by atoms with Crippen molar-refractivity contribution in [3.63, 3.8) is 0 Å². The van der Waals surface area contributed by atoms with Crippen LogP contribution in [-0.2, 0) is 9.59 Å². The van der Waals surface area contributed by atoms with Gasteiger partial charge in [0.05, 0.1) is 17.8 Å². The maximum atomic E-state index is 14.0. The molecule has 3 atom stereocenters. The van der Waals surface area contributed by atoms with Crippen LogP contribution in [0.4, 0.5) is 0 Å². The Morgan fingerprint density at radius 2 is 1.83 bits per heavy atom. The van der Waals surface area contributed by atoms with Gasteiger partial charge in [-0.2, -0.15) is 0 Å². The Morgan fingerprint density at radius 3 is 2.64 bits per heavy atom. The number of fused-ring (bicyclic) bond motifs is 1. The Morgan fingerprint density at radius 1 is 1.03 bits per heavy atom. The molecule has 36 heavy (non-hydrogen) atoms. The highest BCUT2D eigenvalue weighted by Gasteiger charge is 2.39. The summed E-state index contributed by atoms with van der Waals surface area (Å²) in [7, 11) is 1.76. The first kappa shape index (κ1) is 24.6. The normalized spacial score (nSPS) is 21.3. The molecule has 8 nitrogen and oxygen atoms in total. The second-order valence-corrected chi connectivity index (χ2v) is 10.1. The number of hydrogen-bond acceptors (Lipinski definition) is 6. The Kier molecular flexibility index (Phi) is 7.41. The average Bonchev–Trinajstić information content (AvgIpc) is 3.61. The highest BCUT2D eigenvalue weighted by atomic mass is 16.7. The molecular weight excluding hydrogens is 456 g/mol. The van der Waals surface area contributed by atoms with Gasteiger partial charge in [0.1, 0.15) is 6.04 Å². The summed E-state index contributed by atoms with van der Waals surface area (Å²) in [6.07, 6.45) is 9.02. The van der Waals surface area contributed by atoms with E-state index in [1.54, 1.807) is 7.05 Å².